The number of amides is 2. The zero-order chi connectivity index (χ0) is 20.1. The second-order valence-corrected chi connectivity index (χ2v) is 7.67. The highest BCUT2D eigenvalue weighted by atomic mass is 32.1. The molecule has 3 aromatic rings. The molecule has 0 unspecified atom stereocenters. The Morgan fingerprint density at radius 1 is 1.21 bits per heavy atom. The fourth-order valence-corrected chi connectivity index (χ4v) is 4.16. The van der Waals surface area contributed by atoms with E-state index in [0.717, 1.165) is 30.2 Å². The van der Waals surface area contributed by atoms with Gasteiger partial charge in [0.25, 0.3) is 5.91 Å². The van der Waals surface area contributed by atoms with E-state index in [1.54, 1.807) is 5.38 Å². The van der Waals surface area contributed by atoms with Crippen molar-refractivity contribution in [2.24, 2.45) is 0 Å². The highest BCUT2D eigenvalue weighted by Crippen LogP contribution is 2.21. The number of morpholine rings is 1. The van der Waals surface area contributed by atoms with Gasteiger partial charge in [-0.05, 0) is 24.5 Å². The Labute approximate surface area is 172 Å². The number of ether oxygens (including phenoxy) is 1. The largest absolute Gasteiger partial charge is 0.378 e. The fraction of sp³-hybridized carbons (Fsp3) is 0.350. The standard InChI is InChI=1S/C20H23N5O3S/c26-18(7-3-4-14-12-21-16-6-2-1-5-15(14)16)23-24-19(27)17-13-29-20(22-17)25-8-10-28-11-9-25/h1-2,5-6,12-13,21H,3-4,7-11H2,(H,23,26)(H,24,27). The summed E-state index contributed by atoms with van der Waals surface area (Å²) in [6, 6.07) is 8.10. The molecule has 9 heteroatoms. The van der Waals surface area contributed by atoms with Gasteiger partial charge in [0.1, 0.15) is 5.69 Å². The molecule has 3 N–H and O–H groups in total. The molecule has 0 saturated carbocycles. The summed E-state index contributed by atoms with van der Waals surface area (Å²) in [4.78, 5) is 34.0. The van der Waals surface area contributed by atoms with Crippen LogP contribution in [0.4, 0.5) is 5.13 Å². The van der Waals surface area contributed by atoms with Gasteiger partial charge in [0, 0.05) is 42.0 Å². The molecule has 0 spiro atoms. The van der Waals surface area contributed by atoms with Crippen molar-refractivity contribution in [2.75, 3.05) is 31.2 Å². The number of nitrogens with zero attached hydrogens (tertiary/aromatic N) is 2. The number of carbonyl (C=O) groups excluding carboxylic acids is 2. The summed E-state index contributed by atoms with van der Waals surface area (Å²) in [7, 11) is 0. The van der Waals surface area contributed by atoms with Crippen molar-refractivity contribution in [1.82, 2.24) is 20.8 Å². The van der Waals surface area contributed by atoms with Crippen LogP contribution in [-0.4, -0.2) is 48.1 Å². The molecule has 1 fully saturated rings. The van der Waals surface area contributed by atoms with Crippen LogP contribution in [0.15, 0.2) is 35.8 Å². The number of thiazole rings is 1. The van der Waals surface area contributed by atoms with E-state index in [0.29, 0.717) is 31.7 Å². The molecule has 2 aromatic heterocycles. The third kappa shape index (κ3) is 4.75. The second kappa shape index (κ2) is 9.06. The van der Waals surface area contributed by atoms with Crippen molar-refractivity contribution in [2.45, 2.75) is 19.3 Å². The first-order chi connectivity index (χ1) is 14.2. The number of hydrogen-bond donors (Lipinski definition) is 3. The average molecular weight is 414 g/mol. The normalized spacial score (nSPS) is 14.1. The van der Waals surface area contributed by atoms with E-state index in [-0.39, 0.29) is 5.91 Å². The Hall–Kier alpha value is -2.91. The lowest BCUT2D eigenvalue weighted by molar-refractivity contribution is -0.121. The molecule has 2 amide bonds. The molecule has 29 heavy (non-hydrogen) atoms. The Morgan fingerprint density at radius 2 is 2.03 bits per heavy atom. The maximum absolute atomic E-state index is 12.2. The molecular weight excluding hydrogens is 390 g/mol. The number of aromatic amines is 1. The van der Waals surface area contributed by atoms with Gasteiger partial charge in [0.05, 0.1) is 13.2 Å². The number of rotatable bonds is 6. The number of anilines is 1. The first-order valence-electron chi connectivity index (χ1n) is 9.63. The van der Waals surface area contributed by atoms with Crippen LogP contribution in [0.2, 0.25) is 0 Å². The van der Waals surface area contributed by atoms with Crippen molar-refractivity contribution < 1.29 is 14.3 Å². The summed E-state index contributed by atoms with van der Waals surface area (Å²) < 4.78 is 5.32. The van der Waals surface area contributed by atoms with Gasteiger partial charge in [-0.1, -0.05) is 18.2 Å². The molecule has 1 saturated heterocycles. The fourth-order valence-electron chi connectivity index (χ4n) is 3.30. The van der Waals surface area contributed by atoms with Gasteiger partial charge >= 0.3 is 0 Å². The number of benzene rings is 1. The van der Waals surface area contributed by atoms with Gasteiger partial charge in [-0.2, -0.15) is 0 Å². The zero-order valence-electron chi connectivity index (χ0n) is 15.9. The van der Waals surface area contributed by atoms with Gasteiger partial charge in [0.2, 0.25) is 5.91 Å². The van der Waals surface area contributed by atoms with Gasteiger partial charge in [-0.3, -0.25) is 20.4 Å². The number of H-pyrrole nitrogens is 1. The molecule has 1 aromatic carbocycles. The summed E-state index contributed by atoms with van der Waals surface area (Å²) in [6.07, 6.45) is 3.80. The summed E-state index contributed by atoms with van der Waals surface area (Å²) in [5.41, 5.74) is 7.50. The van der Waals surface area contributed by atoms with Crippen LogP contribution in [0.1, 0.15) is 28.9 Å². The topological polar surface area (TPSA) is 99.4 Å². The first-order valence-corrected chi connectivity index (χ1v) is 10.5. The lowest BCUT2D eigenvalue weighted by Crippen LogP contribution is -2.41. The molecule has 152 valence electrons. The summed E-state index contributed by atoms with van der Waals surface area (Å²) in [6.45, 7) is 2.86. The number of nitrogens with one attached hydrogen (secondary N) is 3. The molecule has 3 heterocycles. The molecule has 4 rings (SSSR count). The molecule has 0 radical (unpaired) electrons. The van der Waals surface area contributed by atoms with Crippen molar-refractivity contribution in [3.8, 4) is 0 Å². The van der Waals surface area contributed by atoms with E-state index in [1.807, 2.05) is 24.4 Å². The maximum Gasteiger partial charge on any atom is 0.289 e. The van der Waals surface area contributed by atoms with E-state index in [1.165, 1.54) is 22.3 Å². The highest BCUT2D eigenvalue weighted by Gasteiger charge is 2.17. The molecule has 1 aliphatic heterocycles. The van der Waals surface area contributed by atoms with Gasteiger partial charge < -0.3 is 14.6 Å². The van der Waals surface area contributed by atoms with Gasteiger partial charge in [-0.25, -0.2) is 4.98 Å². The van der Waals surface area contributed by atoms with Crippen LogP contribution < -0.4 is 15.8 Å². The Morgan fingerprint density at radius 3 is 2.90 bits per heavy atom. The average Bonchev–Trinajstić information content (AvgIpc) is 3.41. The van der Waals surface area contributed by atoms with Crippen LogP contribution in [0.3, 0.4) is 0 Å². The van der Waals surface area contributed by atoms with E-state index < -0.39 is 5.91 Å². The number of fused-ring (bicyclic) bond motifs is 1. The van der Waals surface area contributed by atoms with Gasteiger partial charge in [0.15, 0.2) is 5.13 Å². The third-order valence-electron chi connectivity index (χ3n) is 4.85. The molecule has 1 aliphatic rings. The number of aryl methyl sites for hydroxylation is 1. The predicted molar refractivity (Wildman–Crippen MR) is 112 cm³/mol. The number of hydrogen-bond acceptors (Lipinski definition) is 6. The van der Waals surface area contributed by atoms with Crippen LogP contribution >= 0.6 is 11.3 Å². The maximum atomic E-state index is 12.2. The van der Waals surface area contributed by atoms with E-state index in [9.17, 15) is 9.59 Å². The van der Waals surface area contributed by atoms with E-state index in [2.05, 4.69) is 31.8 Å². The predicted octanol–water partition coefficient (Wildman–Crippen LogP) is 2.24. The number of carbonyl (C=O) groups is 2. The molecule has 8 nitrogen and oxygen atoms in total. The Bertz CT molecular complexity index is 993. The quantitative estimate of drug-likeness (QED) is 0.538. The van der Waals surface area contributed by atoms with Crippen molar-refractivity contribution in [3.05, 3.63) is 47.1 Å². The number of hydrazine groups is 1. The van der Waals surface area contributed by atoms with Crippen molar-refractivity contribution in [3.63, 3.8) is 0 Å². The minimum atomic E-state index is -0.411. The lowest BCUT2D eigenvalue weighted by Gasteiger charge is -2.25. The van der Waals surface area contributed by atoms with Crippen LogP contribution in [-0.2, 0) is 16.0 Å². The molecular formula is C20H23N5O3S. The summed E-state index contributed by atoms with van der Waals surface area (Å²) in [5.74, 6) is -0.632. The monoisotopic (exact) mass is 413 g/mol. The van der Waals surface area contributed by atoms with Crippen LogP contribution in [0.25, 0.3) is 10.9 Å². The number of para-hydroxylation sites is 1. The number of aromatic nitrogens is 2. The molecule has 0 atom stereocenters. The SMILES string of the molecule is O=C(CCCc1c[nH]c2ccccc12)NNC(=O)c1csc(N2CCOCC2)n1. The van der Waals surface area contributed by atoms with Crippen molar-refractivity contribution in [1.29, 1.82) is 0 Å². The molecule has 0 aliphatic carbocycles. The van der Waals surface area contributed by atoms with Crippen molar-refractivity contribution >= 4 is 39.2 Å². The van der Waals surface area contributed by atoms with Crippen LogP contribution in [0, 0.1) is 0 Å². The highest BCUT2D eigenvalue weighted by molar-refractivity contribution is 7.13. The van der Waals surface area contributed by atoms with E-state index in [4.69, 9.17) is 4.74 Å². The van der Waals surface area contributed by atoms with Gasteiger partial charge in [-0.15, -0.1) is 11.3 Å². The second-order valence-electron chi connectivity index (χ2n) is 6.83. The molecule has 0 bridgehead atoms. The zero-order valence-corrected chi connectivity index (χ0v) is 16.8. The minimum absolute atomic E-state index is 0.221. The first kappa shape index (κ1) is 19.4. The third-order valence-corrected chi connectivity index (χ3v) is 5.75. The minimum Gasteiger partial charge on any atom is -0.378 e. The Balaban J connectivity index is 1.21. The van der Waals surface area contributed by atoms with E-state index >= 15 is 0 Å². The smallest absolute Gasteiger partial charge is 0.289 e. The lowest BCUT2D eigenvalue weighted by atomic mass is 10.1. The summed E-state index contributed by atoms with van der Waals surface area (Å²) in [5, 5.41) is 3.67. The van der Waals surface area contributed by atoms with Crippen LogP contribution in [0.5, 0.6) is 0 Å². The Kier molecular flexibility index (Phi) is 6.06. The summed E-state index contributed by atoms with van der Waals surface area (Å²) >= 11 is 1.41.